The summed E-state index contributed by atoms with van der Waals surface area (Å²) in [5.74, 6) is 0.631. The lowest BCUT2D eigenvalue weighted by molar-refractivity contribution is 0.0992. The number of ketones is 1. The van der Waals surface area contributed by atoms with Gasteiger partial charge in [0, 0.05) is 5.56 Å². The molecule has 0 fully saturated rings. The van der Waals surface area contributed by atoms with Crippen LogP contribution in [0.5, 0.6) is 5.75 Å². The fraction of sp³-hybridized carbons (Fsp3) is 0.111. The zero-order valence-electron chi connectivity index (χ0n) is 13.7. The Kier molecular flexibility index (Phi) is 5.20. The molecule has 0 unspecified atom stereocenters. The number of nitriles is 1. The fourth-order valence-corrected chi connectivity index (χ4v) is 2.98. The molecule has 0 aliphatic rings. The number of carbonyl (C=O) groups is 1. The molecule has 0 radical (unpaired) electrons. The molecule has 0 aliphatic heterocycles. The molecule has 130 valence electrons. The fourth-order valence-electron chi connectivity index (χ4n) is 2.25. The first-order valence-corrected chi connectivity index (χ1v) is 8.49. The molecule has 7 nitrogen and oxygen atoms in total. The minimum atomic E-state index is -0.562. The van der Waals surface area contributed by atoms with E-state index in [0.717, 1.165) is 11.8 Å². The molecule has 26 heavy (non-hydrogen) atoms. The lowest BCUT2D eigenvalue weighted by Crippen LogP contribution is -2.15. The van der Waals surface area contributed by atoms with Gasteiger partial charge in [-0.05, 0) is 24.3 Å². The van der Waals surface area contributed by atoms with Crippen molar-refractivity contribution in [3.8, 4) is 23.1 Å². The Morgan fingerprint density at radius 3 is 2.92 bits per heavy atom. The predicted octanol–water partition coefficient (Wildman–Crippen LogP) is 2.89. The van der Waals surface area contributed by atoms with Gasteiger partial charge >= 0.3 is 0 Å². The minimum Gasteiger partial charge on any atom is -0.497 e. The van der Waals surface area contributed by atoms with Crippen LogP contribution in [0.25, 0.3) is 11.3 Å². The highest BCUT2D eigenvalue weighted by Crippen LogP contribution is 2.25. The van der Waals surface area contributed by atoms with Crippen molar-refractivity contribution >= 4 is 17.5 Å². The van der Waals surface area contributed by atoms with Crippen LogP contribution >= 0.6 is 11.8 Å². The van der Waals surface area contributed by atoms with E-state index < -0.39 is 5.56 Å². The number of ether oxygens (including phenoxy) is 1. The monoisotopic (exact) mass is 367 g/mol. The zero-order valence-corrected chi connectivity index (χ0v) is 14.5. The average Bonchev–Trinajstić information content (AvgIpc) is 3.20. The number of hydrogen-bond donors (Lipinski definition) is 1. The Bertz CT molecular complexity index is 1040. The molecular weight excluding hydrogens is 354 g/mol. The largest absolute Gasteiger partial charge is 0.497 e. The molecule has 8 heteroatoms. The van der Waals surface area contributed by atoms with E-state index in [-0.39, 0.29) is 33.7 Å². The molecule has 0 spiro atoms. The number of aromatic amines is 1. The molecule has 2 aromatic heterocycles. The molecule has 0 bridgehead atoms. The van der Waals surface area contributed by atoms with Gasteiger partial charge in [-0.3, -0.25) is 9.59 Å². The van der Waals surface area contributed by atoms with Crippen molar-refractivity contribution in [2.45, 2.75) is 5.16 Å². The second kappa shape index (κ2) is 7.72. The van der Waals surface area contributed by atoms with Crippen molar-refractivity contribution < 1.29 is 13.9 Å². The van der Waals surface area contributed by atoms with Crippen molar-refractivity contribution in [2.24, 2.45) is 0 Å². The second-order valence-electron chi connectivity index (χ2n) is 5.13. The maximum absolute atomic E-state index is 12.2. The van der Waals surface area contributed by atoms with E-state index in [1.807, 2.05) is 6.07 Å². The molecule has 3 aromatic rings. The maximum Gasteiger partial charge on any atom is 0.270 e. The van der Waals surface area contributed by atoms with E-state index in [1.54, 1.807) is 36.4 Å². The SMILES string of the molecule is COc1cccc(-c2nc(SCC(=O)c3ccco3)[nH]c(=O)c2C#N)c1. The van der Waals surface area contributed by atoms with Crippen LogP contribution < -0.4 is 10.3 Å². The van der Waals surface area contributed by atoms with Gasteiger partial charge in [0.1, 0.15) is 17.4 Å². The smallest absolute Gasteiger partial charge is 0.270 e. The molecule has 0 saturated heterocycles. The molecule has 2 heterocycles. The Balaban J connectivity index is 1.93. The topological polar surface area (TPSA) is 109 Å². The normalized spacial score (nSPS) is 10.3. The lowest BCUT2D eigenvalue weighted by Gasteiger charge is -2.07. The van der Waals surface area contributed by atoms with E-state index in [9.17, 15) is 14.9 Å². The maximum atomic E-state index is 12.2. The number of thioether (sulfide) groups is 1. The first kappa shape index (κ1) is 17.5. The van der Waals surface area contributed by atoms with Crippen LogP contribution in [-0.4, -0.2) is 28.6 Å². The highest BCUT2D eigenvalue weighted by molar-refractivity contribution is 7.99. The van der Waals surface area contributed by atoms with Crippen LogP contribution in [0.15, 0.2) is 57.0 Å². The van der Waals surface area contributed by atoms with Crippen molar-refractivity contribution in [1.82, 2.24) is 9.97 Å². The highest BCUT2D eigenvalue weighted by atomic mass is 32.2. The minimum absolute atomic E-state index is 0.0416. The van der Waals surface area contributed by atoms with Crippen LogP contribution in [0.4, 0.5) is 0 Å². The number of methoxy groups -OCH3 is 1. The number of furan rings is 1. The molecule has 1 aromatic carbocycles. The molecule has 3 rings (SSSR count). The number of hydrogen-bond acceptors (Lipinski definition) is 7. The number of rotatable bonds is 6. The summed E-state index contributed by atoms with van der Waals surface area (Å²) >= 11 is 1.06. The van der Waals surface area contributed by atoms with E-state index in [0.29, 0.717) is 11.3 Å². The molecule has 0 atom stereocenters. The van der Waals surface area contributed by atoms with Crippen molar-refractivity contribution in [3.63, 3.8) is 0 Å². The first-order chi connectivity index (χ1) is 12.6. The summed E-state index contributed by atoms with van der Waals surface area (Å²) in [6.45, 7) is 0. The summed E-state index contributed by atoms with van der Waals surface area (Å²) in [6.07, 6.45) is 1.42. The van der Waals surface area contributed by atoms with Gasteiger partial charge in [0.05, 0.1) is 24.8 Å². The summed E-state index contributed by atoms with van der Waals surface area (Å²) < 4.78 is 10.2. The number of aromatic nitrogens is 2. The molecule has 0 saturated carbocycles. The number of nitrogens with one attached hydrogen (secondary N) is 1. The number of benzene rings is 1. The summed E-state index contributed by atoms with van der Waals surface area (Å²) in [7, 11) is 1.52. The van der Waals surface area contributed by atoms with Crippen LogP contribution in [-0.2, 0) is 0 Å². The Morgan fingerprint density at radius 2 is 2.23 bits per heavy atom. The van der Waals surface area contributed by atoms with Gasteiger partial charge in [-0.15, -0.1) is 0 Å². The van der Waals surface area contributed by atoms with Gasteiger partial charge in [0.15, 0.2) is 10.9 Å². The Morgan fingerprint density at radius 1 is 1.38 bits per heavy atom. The first-order valence-electron chi connectivity index (χ1n) is 7.50. The van der Waals surface area contributed by atoms with Gasteiger partial charge < -0.3 is 14.1 Å². The average molecular weight is 367 g/mol. The van der Waals surface area contributed by atoms with E-state index in [4.69, 9.17) is 9.15 Å². The van der Waals surface area contributed by atoms with Crippen LogP contribution in [0.1, 0.15) is 16.1 Å². The van der Waals surface area contributed by atoms with E-state index in [1.165, 1.54) is 13.4 Å². The van der Waals surface area contributed by atoms with E-state index >= 15 is 0 Å². The molecule has 0 aliphatic carbocycles. The molecule has 1 N–H and O–H groups in total. The molecule has 0 amide bonds. The summed E-state index contributed by atoms with van der Waals surface area (Å²) in [5.41, 5.74) is 0.155. The number of Topliss-reactive ketones (excluding diaryl/α,β-unsaturated/α-hetero) is 1. The highest BCUT2D eigenvalue weighted by Gasteiger charge is 2.16. The standard InChI is InChI=1S/C18H13N3O4S/c1-24-12-5-2-4-11(8-12)16-13(9-19)17(23)21-18(20-16)26-10-14(22)15-6-3-7-25-15/h2-8H,10H2,1H3,(H,20,21,23). The third-order valence-electron chi connectivity index (χ3n) is 3.49. The van der Waals surface area contributed by atoms with Gasteiger partial charge in [-0.25, -0.2) is 4.98 Å². The van der Waals surface area contributed by atoms with Crippen LogP contribution in [0, 0.1) is 11.3 Å². The van der Waals surface area contributed by atoms with Crippen molar-refractivity contribution in [3.05, 3.63) is 64.3 Å². The lowest BCUT2D eigenvalue weighted by atomic mass is 10.1. The number of nitrogens with zero attached hydrogens (tertiary/aromatic N) is 2. The van der Waals surface area contributed by atoms with Gasteiger partial charge in [-0.2, -0.15) is 5.26 Å². The Hall–Kier alpha value is -3.31. The van der Waals surface area contributed by atoms with Crippen LogP contribution in [0.3, 0.4) is 0 Å². The quantitative estimate of drug-likeness (QED) is 0.405. The third-order valence-corrected chi connectivity index (χ3v) is 4.36. The molecular formula is C18H13N3O4S. The van der Waals surface area contributed by atoms with Gasteiger partial charge in [-0.1, -0.05) is 23.9 Å². The Labute approximate surface area is 152 Å². The second-order valence-corrected chi connectivity index (χ2v) is 6.09. The van der Waals surface area contributed by atoms with Crippen molar-refractivity contribution in [2.75, 3.05) is 12.9 Å². The number of H-pyrrole nitrogens is 1. The predicted molar refractivity (Wildman–Crippen MR) is 95.3 cm³/mol. The number of carbonyl (C=O) groups excluding carboxylic acids is 1. The third kappa shape index (κ3) is 3.68. The summed E-state index contributed by atoms with van der Waals surface area (Å²) in [5, 5.41) is 9.55. The van der Waals surface area contributed by atoms with Gasteiger partial charge in [0.25, 0.3) is 5.56 Å². The summed E-state index contributed by atoms with van der Waals surface area (Å²) in [4.78, 5) is 31.1. The zero-order chi connectivity index (χ0) is 18.5. The van der Waals surface area contributed by atoms with Crippen LogP contribution in [0.2, 0.25) is 0 Å². The van der Waals surface area contributed by atoms with Gasteiger partial charge in [0.2, 0.25) is 5.78 Å². The van der Waals surface area contributed by atoms with E-state index in [2.05, 4.69) is 9.97 Å². The van der Waals surface area contributed by atoms with Crippen molar-refractivity contribution in [1.29, 1.82) is 5.26 Å². The summed E-state index contributed by atoms with van der Waals surface area (Å²) in [6, 6.07) is 12.0.